The maximum absolute atomic E-state index is 13.4. The Labute approximate surface area is 222 Å². The van der Waals surface area contributed by atoms with Gasteiger partial charge in [-0.15, -0.1) is 0 Å². The van der Waals surface area contributed by atoms with Crippen molar-refractivity contribution in [3.63, 3.8) is 0 Å². The molecule has 0 spiro atoms. The normalized spacial score (nSPS) is 16.9. The minimum atomic E-state index is -0.879. The summed E-state index contributed by atoms with van der Waals surface area (Å²) in [5, 5.41) is 11.9. The van der Waals surface area contributed by atoms with E-state index in [0.717, 1.165) is 5.56 Å². The van der Waals surface area contributed by atoms with E-state index in [0.29, 0.717) is 52.5 Å². The number of aliphatic hydroxyl groups is 1. The number of Topliss-reactive ketones (excluding diaryl/α,β-unsaturated/α-hetero) is 1. The van der Waals surface area contributed by atoms with Crippen LogP contribution in [0.5, 0.6) is 11.5 Å². The monoisotopic (exact) mass is 519 g/mol. The zero-order valence-electron chi connectivity index (χ0n) is 21.3. The molecule has 0 radical (unpaired) electrons. The summed E-state index contributed by atoms with van der Waals surface area (Å²) < 4.78 is 11.5. The third-order valence-corrected chi connectivity index (χ3v) is 6.27. The van der Waals surface area contributed by atoms with Gasteiger partial charge in [-0.1, -0.05) is 43.6 Å². The predicted molar refractivity (Wildman–Crippen MR) is 145 cm³/mol. The molecule has 1 N–H and O–H groups in total. The molecule has 0 aromatic heterocycles. The van der Waals surface area contributed by atoms with Crippen molar-refractivity contribution in [1.82, 2.24) is 0 Å². The molecule has 0 saturated carbocycles. The van der Waals surface area contributed by atoms with Crippen LogP contribution in [0.15, 0.2) is 72.3 Å². The van der Waals surface area contributed by atoms with Gasteiger partial charge in [-0.25, -0.2) is 0 Å². The Kier molecular flexibility index (Phi) is 7.89. The molecule has 1 aliphatic rings. The summed E-state index contributed by atoms with van der Waals surface area (Å²) in [6.07, 6.45) is 0. The number of hydrogen-bond acceptors (Lipinski definition) is 5. The quantitative estimate of drug-likeness (QED) is 0.203. The Morgan fingerprint density at radius 1 is 1.03 bits per heavy atom. The smallest absolute Gasteiger partial charge is 0.300 e. The summed E-state index contributed by atoms with van der Waals surface area (Å²) in [4.78, 5) is 28.2. The number of ketones is 1. The first-order valence-electron chi connectivity index (χ1n) is 12.2. The minimum absolute atomic E-state index is 0.00567. The van der Waals surface area contributed by atoms with Crippen molar-refractivity contribution in [1.29, 1.82) is 0 Å². The van der Waals surface area contributed by atoms with Crippen LogP contribution >= 0.6 is 11.6 Å². The SMILES string of the molecule is CCOc1cccc(C2/C(=C(\O)c3ccc(OCC(C)C)c(C)c3)C(=O)C(=O)N2c2cccc(Cl)c2)c1. The molecule has 7 heteroatoms. The molecule has 1 unspecified atom stereocenters. The topological polar surface area (TPSA) is 76.1 Å². The van der Waals surface area contributed by atoms with Gasteiger partial charge in [0.2, 0.25) is 0 Å². The van der Waals surface area contributed by atoms with Gasteiger partial charge in [-0.2, -0.15) is 0 Å². The van der Waals surface area contributed by atoms with Gasteiger partial charge in [0, 0.05) is 16.3 Å². The van der Waals surface area contributed by atoms with Crippen LogP contribution in [0.2, 0.25) is 5.02 Å². The number of rotatable bonds is 8. The number of nitrogens with zero attached hydrogens (tertiary/aromatic N) is 1. The largest absolute Gasteiger partial charge is 0.507 e. The lowest BCUT2D eigenvalue weighted by Crippen LogP contribution is -2.29. The predicted octanol–water partition coefficient (Wildman–Crippen LogP) is 6.71. The number of ether oxygens (including phenoxy) is 2. The second-order valence-corrected chi connectivity index (χ2v) is 9.78. The molecule has 0 aliphatic carbocycles. The van der Waals surface area contributed by atoms with E-state index in [1.165, 1.54) is 4.90 Å². The number of aryl methyl sites for hydroxylation is 1. The van der Waals surface area contributed by atoms with Crippen molar-refractivity contribution in [2.75, 3.05) is 18.1 Å². The van der Waals surface area contributed by atoms with Crippen LogP contribution in [0.1, 0.15) is 43.5 Å². The number of benzene rings is 3. The number of halogens is 1. The van der Waals surface area contributed by atoms with E-state index in [2.05, 4.69) is 13.8 Å². The fraction of sp³-hybridized carbons (Fsp3) is 0.267. The van der Waals surface area contributed by atoms with Crippen LogP contribution in [0.25, 0.3) is 5.76 Å². The van der Waals surface area contributed by atoms with Crippen LogP contribution < -0.4 is 14.4 Å². The van der Waals surface area contributed by atoms with Gasteiger partial charge >= 0.3 is 0 Å². The first-order valence-corrected chi connectivity index (χ1v) is 12.6. The highest BCUT2D eigenvalue weighted by molar-refractivity contribution is 6.51. The molecule has 3 aromatic carbocycles. The van der Waals surface area contributed by atoms with Gasteiger partial charge in [0.05, 0.1) is 24.8 Å². The first kappa shape index (κ1) is 26.3. The van der Waals surface area contributed by atoms with Crippen LogP contribution in [0.4, 0.5) is 5.69 Å². The summed E-state index contributed by atoms with van der Waals surface area (Å²) in [5.41, 5.74) is 2.30. The Bertz CT molecular complexity index is 1360. The van der Waals surface area contributed by atoms with Crippen molar-refractivity contribution < 1.29 is 24.2 Å². The summed E-state index contributed by atoms with van der Waals surface area (Å²) >= 11 is 6.22. The van der Waals surface area contributed by atoms with E-state index in [-0.39, 0.29) is 11.3 Å². The molecule has 6 nitrogen and oxygen atoms in total. The lowest BCUT2D eigenvalue weighted by Gasteiger charge is -2.26. The highest BCUT2D eigenvalue weighted by atomic mass is 35.5. The molecule has 3 aromatic rings. The molecule has 192 valence electrons. The summed E-state index contributed by atoms with van der Waals surface area (Å²) in [5.74, 6) is -0.119. The fourth-order valence-corrected chi connectivity index (χ4v) is 4.54. The molecule has 1 aliphatic heterocycles. The van der Waals surface area contributed by atoms with Crippen molar-refractivity contribution in [2.45, 2.75) is 33.7 Å². The molecular weight excluding hydrogens is 490 g/mol. The van der Waals surface area contributed by atoms with Crippen LogP contribution in [-0.4, -0.2) is 30.0 Å². The zero-order valence-corrected chi connectivity index (χ0v) is 22.1. The number of aliphatic hydroxyl groups excluding tert-OH is 1. The molecule has 1 amide bonds. The molecule has 1 heterocycles. The van der Waals surface area contributed by atoms with Crippen molar-refractivity contribution in [3.05, 3.63) is 94.0 Å². The van der Waals surface area contributed by atoms with E-state index in [9.17, 15) is 14.7 Å². The highest BCUT2D eigenvalue weighted by Crippen LogP contribution is 2.43. The van der Waals surface area contributed by atoms with Gasteiger partial charge < -0.3 is 14.6 Å². The number of anilines is 1. The Morgan fingerprint density at radius 3 is 2.46 bits per heavy atom. The fourth-order valence-electron chi connectivity index (χ4n) is 4.35. The zero-order chi connectivity index (χ0) is 26.7. The second kappa shape index (κ2) is 11.1. The van der Waals surface area contributed by atoms with Crippen molar-refractivity contribution in [3.8, 4) is 11.5 Å². The van der Waals surface area contributed by atoms with E-state index >= 15 is 0 Å². The second-order valence-electron chi connectivity index (χ2n) is 9.34. The lowest BCUT2D eigenvalue weighted by atomic mass is 9.94. The third-order valence-electron chi connectivity index (χ3n) is 6.04. The Balaban J connectivity index is 1.86. The Hall–Kier alpha value is -3.77. The minimum Gasteiger partial charge on any atom is -0.507 e. The summed E-state index contributed by atoms with van der Waals surface area (Å²) in [6, 6.07) is 18.3. The maximum Gasteiger partial charge on any atom is 0.300 e. The van der Waals surface area contributed by atoms with E-state index in [1.54, 1.807) is 66.7 Å². The molecule has 4 rings (SSSR count). The lowest BCUT2D eigenvalue weighted by molar-refractivity contribution is -0.132. The first-order chi connectivity index (χ1) is 17.7. The van der Waals surface area contributed by atoms with Crippen molar-refractivity contribution in [2.24, 2.45) is 5.92 Å². The molecule has 1 saturated heterocycles. The third kappa shape index (κ3) is 5.49. The average Bonchev–Trinajstić information content (AvgIpc) is 3.13. The average molecular weight is 520 g/mol. The van der Waals surface area contributed by atoms with Gasteiger partial charge in [-0.3, -0.25) is 14.5 Å². The summed E-state index contributed by atoms with van der Waals surface area (Å²) in [7, 11) is 0. The van der Waals surface area contributed by atoms with Crippen LogP contribution in [0.3, 0.4) is 0 Å². The number of carbonyl (C=O) groups excluding carboxylic acids is 2. The number of carbonyl (C=O) groups is 2. The van der Waals surface area contributed by atoms with Crippen LogP contribution in [0, 0.1) is 12.8 Å². The standard InChI is InChI=1S/C30H30ClNO5/c1-5-36-24-11-6-8-20(15-24)27-26(29(34)30(35)32(27)23-10-7-9-22(31)16-23)28(33)21-12-13-25(19(4)14-21)37-17-18(2)3/h6-16,18,27,33H,5,17H2,1-4H3/b28-26+. The molecular formula is C30H30ClNO5. The Morgan fingerprint density at radius 2 is 1.78 bits per heavy atom. The highest BCUT2D eigenvalue weighted by Gasteiger charge is 2.47. The van der Waals surface area contributed by atoms with Crippen molar-refractivity contribution >= 4 is 34.7 Å². The molecule has 37 heavy (non-hydrogen) atoms. The summed E-state index contributed by atoms with van der Waals surface area (Å²) in [6.45, 7) is 8.90. The van der Waals surface area contributed by atoms with E-state index in [1.807, 2.05) is 13.8 Å². The number of amides is 1. The van der Waals surface area contributed by atoms with Crippen LogP contribution in [-0.2, 0) is 9.59 Å². The molecule has 1 fully saturated rings. The van der Waals surface area contributed by atoms with E-state index in [4.69, 9.17) is 21.1 Å². The van der Waals surface area contributed by atoms with E-state index < -0.39 is 17.7 Å². The number of hydrogen-bond donors (Lipinski definition) is 1. The maximum atomic E-state index is 13.4. The molecule has 1 atom stereocenters. The van der Waals surface area contributed by atoms with Gasteiger partial charge in [0.25, 0.3) is 11.7 Å². The van der Waals surface area contributed by atoms with Gasteiger partial charge in [-0.05, 0) is 79.4 Å². The van der Waals surface area contributed by atoms with Gasteiger partial charge in [0.1, 0.15) is 17.3 Å². The van der Waals surface area contributed by atoms with Gasteiger partial charge in [0.15, 0.2) is 0 Å². The molecule has 0 bridgehead atoms.